The molecule has 1 saturated heterocycles. The number of anilines is 1. The lowest BCUT2D eigenvalue weighted by molar-refractivity contribution is -0.151. The lowest BCUT2D eigenvalue weighted by Crippen LogP contribution is -2.51. The van der Waals surface area contributed by atoms with E-state index in [1.807, 2.05) is 13.8 Å². The molecular weight excluding hydrogens is 364 g/mol. The highest BCUT2D eigenvalue weighted by atomic mass is 16.5. The van der Waals surface area contributed by atoms with E-state index in [1.54, 1.807) is 26.8 Å². The maximum Gasteiger partial charge on any atom is 0.315 e. The van der Waals surface area contributed by atoms with E-state index in [0.717, 1.165) is 0 Å². The van der Waals surface area contributed by atoms with Gasteiger partial charge in [-0.25, -0.2) is 4.98 Å². The molecule has 2 N–H and O–H groups in total. The molecule has 1 aliphatic heterocycles. The van der Waals surface area contributed by atoms with Crippen LogP contribution in [0.5, 0.6) is 0 Å². The summed E-state index contributed by atoms with van der Waals surface area (Å²) in [7, 11) is 0. The molecule has 0 aromatic carbocycles. The molecule has 0 aliphatic carbocycles. The molecule has 1 aliphatic rings. The number of hydrogen-bond donors (Lipinski definition) is 2. The molecule has 10 heteroatoms. The third kappa shape index (κ3) is 3.96. The van der Waals surface area contributed by atoms with Gasteiger partial charge < -0.3 is 15.0 Å². The Balaban J connectivity index is 1.84. The number of hydrogen-bond acceptors (Lipinski definition) is 6. The Bertz CT molecular complexity index is 969. The number of nitrogens with zero attached hydrogens (tertiary/aromatic N) is 4. The number of nitrogens with one attached hydrogen (secondary N) is 2. The first-order valence-electron chi connectivity index (χ1n) is 9.06. The quantitative estimate of drug-likeness (QED) is 0.721. The van der Waals surface area contributed by atoms with Gasteiger partial charge in [0.15, 0.2) is 0 Å². The Labute approximate surface area is 161 Å². The van der Waals surface area contributed by atoms with Crippen LogP contribution in [-0.2, 0) is 14.3 Å². The van der Waals surface area contributed by atoms with Gasteiger partial charge in [-0.3, -0.25) is 19.4 Å². The first-order valence-corrected chi connectivity index (χ1v) is 9.06. The zero-order valence-electron chi connectivity index (χ0n) is 16.6. The minimum absolute atomic E-state index is 0.141. The lowest BCUT2D eigenvalue weighted by Gasteiger charge is -2.34. The van der Waals surface area contributed by atoms with Crippen LogP contribution in [0.25, 0.3) is 5.95 Å². The zero-order chi connectivity index (χ0) is 20.6. The molecular formula is C18H24N6O4. The minimum Gasteiger partial charge on any atom is -0.372 e. The van der Waals surface area contributed by atoms with E-state index in [2.05, 4.69) is 20.4 Å². The second-order valence-corrected chi connectivity index (χ2v) is 7.10. The van der Waals surface area contributed by atoms with Gasteiger partial charge in [-0.05, 0) is 34.6 Å². The summed E-state index contributed by atoms with van der Waals surface area (Å²) in [5, 5.41) is 6.84. The average Bonchev–Trinajstić information content (AvgIpc) is 2.97. The summed E-state index contributed by atoms with van der Waals surface area (Å²) in [6, 6.07) is 1.60. The van der Waals surface area contributed by atoms with Crippen LogP contribution in [0.3, 0.4) is 0 Å². The molecule has 3 heterocycles. The Hall–Kier alpha value is -3.01. The summed E-state index contributed by atoms with van der Waals surface area (Å²) in [5.74, 6) is -1.02. The summed E-state index contributed by atoms with van der Waals surface area (Å²) in [6.07, 6.45) is -0.281. The fourth-order valence-corrected chi connectivity index (χ4v) is 3.14. The monoisotopic (exact) mass is 388 g/mol. The molecule has 0 bridgehead atoms. The van der Waals surface area contributed by atoms with Crippen molar-refractivity contribution in [2.45, 2.75) is 46.8 Å². The molecule has 0 radical (unpaired) electrons. The Morgan fingerprint density at radius 3 is 2.46 bits per heavy atom. The molecule has 0 spiro atoms. The van der Waals surface area contributed by atoms with E-state index in [-0.39, 0.29) is 29.5 Å². The number of aryl methyl sites for hydroxylation is 2. The van der Waals surface area contributed by atoms with Gasteiger partial charge in [0.2, 0.25) is 5.95 Å². The van der Waals surface area contributed by atoms with Gasteiger partial charge in [0, 0.05) is 30.4 Å². The van der Waals surface area contributed by atoms with Crippen LogP contribution in [-0.4, -0.2) is 61.8 Å². The largest absolute Gasteiger partial charge is 0.372 e. The van der Waals surface area contributed by atoms with Crippen LogP contribution >= 0.6 is 0 Å². The number of ether oxygens (including phenoxy) is 1. The molecule has 0 saturated carbocycles. The van der Waals surface area contributed by atoms with E-state index in [1.165, 1.54) is 9.58 Å². The number of aromatic nitrogens is 4. The molecule has 1 fully saturated rings. The van der Waals surface area contributed by atoms with E-state index in [0.29, 0.717) is 30.0 Å². The van der Waals surface area contributed by atoms with Gasteiger partial charge >= 0.3 is 11.8 Å². The second kappa shape index (κ2) is 7.55. The van der Waals surface area contributed by atoms with Crippen molar-refractivity contribution in [1.29, 1.82) is 0 Å². The Kier molecular flexibility index (Phi) is 5.32. The van der Waals surface area contributed by atoms with Crippen molar-refractivity contribution in [1.82, 2.24) is 24.6 Å². The SMILES string of the molecule is Cc1cc(NC(=O)C(=O)N2C[C@H](C)O[C@@H](C)C2)n(-c2nc(C)c(C)c(=O)[nH]2)n1. The van der Waals surface area contributed by atoms with Crippen LogP contribution in [0, 0.1) is 20.8 Å². The summed E-state index contributed by atoms with van der Waals surface area (Å²) in [6.45, 7) is 9.53. The van der Waals surface area contributed by atoms with Gasteiger partial charge in [-0.15, -0.1) is 0 Å². The van der Waals surface area contributed by atoms with Crippen LogP contribution in [0.2, 0.25) is 0 Å². The normalized spacial score (nSPS) is 19.5. The topological polar surface area (TPSA) is 122 Å². The number of carbonyl (C=O) groups is 2. The minimum atomic E-state index is -0.784. The third-order valence-electron chi connectivity index (χ3n) is 4.56. The Morgan fingerprint density at radius 2 is 1.86 bits per heavy atom. The standard InChI is InChI=1S/C18H24N6O4/c1-9-6-14(24(22-9)18-19-13(5)12(4)15(25)21-18)20-16(26)17(27)23-7-10(2)28-11(3)8-23/h6,10-11H,7-8H2,1-5H3,(H,20,26)(H,19,21,25)/t10-,11-/m0/s1. The van der Waals surface area contributed by atoms with Crippen LogP contribution < -0.4 is 10.9 Å². The molecule has 150 valence electrons. The second-order valence-electron chi connectivity index (χ2n) is 7.10. The van der Waals surface area contributed by atoms with Crippen molar-refractivity contribution >= 4 is 17.6 Å². The molecule has 2 aromatic heterocycles. The van der Waals surface area contributed by atoms with E-state index in [4.69, 9.17) is 4.74 Å². The summed E-state index contributed by atoms with van der Waals surface area (Å²) < 4.78 is 6.90. The van der Waals surface area contributed by atoms with Crippen molar-refractivity contribution in [2.75, 3.05) is 18.4 Å². The van der Waals surface area contributed by atoms with Crippen molar-refractivity contribution < 1.29 is 14.3 Å². The predicted molar refractivity (Wildman–Crippen MR) is 101 cm³/mol. The van der Waals surface area contributed by atoms with Crippen LogP contribution in [0.15, 0.2) is 10.9 Å². The zero-order valence-corrected chi connectivity index (χ0v) is 16.6. The van der Waals surface area contributed by atoms with E-state index >= 15 is 0 Å². The number of amides is 2. The predicted octanol–water partition coefficient (Wildman–Crippen LogP) is 0.455. The molecule has 2 amide bonds. The average molecular weight is 388 g/mol. The molecule has 3 rings (SSSR count). The molecule has 0 unspecified atom stereocenters. The van der Waals surface area contributed by atoms with Gasteiger partial charge in [-0.1, -0.05) is 0 Å². The van der Waals surface area contributed by atoms with E-state index in [9.17, 15) is 14.4 Å². The van der Waals surface area contributed by atoms with E-state index < -0.39 is 11.8 Å². The van der Waals surface area contributed by atoms with Gasteiger partial charge in [0.05, 0.1) is 17.9 Å². The number of rotatable bonds is 2. The highest BCUT2D eigenvalue weighted by Crippen LogP contribution is 2.16. The smallest absolute Gasteiger partial charge is 0.315 e. The highest BCUT2D eigenvalue weighted by Gasteiger charge is 2.30. The number of carbonyl (C=O) groups excluding carboxylic acids is 2. The van der Waals surface area contributed by atoms with Crippen molar-refractivity contribution in [3.63, 3.8) is 0 Å². The third-order valence-corrected chi connectivity index (χ3v) is 4.56. The first kappa shape index (κ1) is 19.7. The first-order chi connectivity index (χ1) is 13.2. The molecule has 2 atom stereocenters. The number of H-pyrrole nitrogens is 1. The van der Waals surface area contributed by atoms with Gasteiger partial charge in [-0.2, -0.15) is 9.78 Å². The van der Waals surface area contributed by atoms with Crippen LogP contribution in [0.1, 0.15) is 30.8 Å². The van der Waals surface area contributed by atoms with Crippen LogP contribution in [0.4, 0.5) is 5.82 Å². The van der Waals surface area contributed by atoms with Crippen molar-refractivity contribution in [2.24, 2.45) is 0 Å². The maximum atomic E-state index is 12.6. The summed E-state index contributed by atoms with van der Waals surface area (Å²) in [4.78, 5) is 45.6. The summed E-state index contributed by atoms with van der Waals surface area (Å²) in [5.41, 5.74) is 1.36. The fraction of sp³-hybridized carbons (Fsp3) is 0.500. The van der Waals surface area contributed by atoms with Crippen molar-refractivity contribution in [3.05, 3.63) is 33.4 Å². The summed E-state index contributed by atoms with van der Waals surface area (Å²) >= 11 is 0. The molecule has 10 nitrogen and oxygen atoms in total. The maximum absolute atomic E-state index is 12.6. The fourth-order valence-electron chi connectivity index (χ4n) is 3.14. The van der Waals surface area contributed by atoms with Crippen molar-refractivity contribution in [3.8, 4) is 5.95 Å². The highest BCUT2D eigenvalue weighted by molar-refractivity contribution is 6.39. The lowest BCUT2D eigenvalue weighted by atomic mass is 10.2. The molecule has 2 aromatic rings. The molecule has 28 heavy (non-hydrogen) atoms. The van der Waals surface area contributed by atoms with Gasteiger partial charge in [0.1, 0.15) is 5.82 Å². The number of aromatic amines is 1. The van der Waals surface area contributed by atoms with Gasteiger partial charge in [0.25, 0.3) is 5.56 Å². The number of morpholine rings is 1. The Morgan fingerprint density at radius 1 is 1.21 bits per heavy atom.